The molecule has 0 aliphatic carbocycles. The molecule has 0 fully saturated rings. The van der Waals surface area contributed by atoms with E-state index in [2.05, 4.69) is 26.8 Å². The van der Waals surface area contributed by atoms with Gasteiger partial charge in [-0.05, 0) is 42.0 Å². The van der Waals surface area contributed by atoms with Gasteiger partial charge in [-0.15, -0.1) is 0 Å². The topological polar surface area (TPSA) is 35.2 Å². The summed E-state index contributed by atoms with van der Waals surface area (Å²) in [7, 11) is 1.64. The maximum Gasteiger partial charge on any atom is 0.140 e. The van der Waals surface area contributed by atoms with Gasteiger partial charge in [0.1, 0.15) is 5.75 Å². The van der Waals surface area contributed by atoms with Crippen LogP contribution >= 0.6 is 11.6 Å². The molecule has 0 saturated carbocycles. The summed E-state index contributed by atoms with van der Waals surface area (Å²) >= 11 is 6.27. The Bertz CT molecular complexity index is 388. The van der Waals surface area contributed by atoms with E-state index in [1.807, 2.05) is 6.07 Å². The molecular formula is C14H22ClNO. The molecule has 0 amide bonds. The van der Waals surface area contributed by atoms with Gasteiger partial charge in [0.05, 0.1) is 12.1 Å². The minimum Gasteiger partial charge on any atom is -0.495 e. The van der Waals surface area contributed by atoms with E-state index in [-0.39, 0.29) is 5.41 Å². The van der Waals surface area contributed by atoms with E-state index in [4.69, 9.17) is 22.1 Å². The third kappa shape index (κ3) is 3.14. The van der Waals surface area contributed by atoms with Crippen LogP contribution in [0.1, 0.15) is 38.3 Å². The Labute approximate surface area is 109 Å². The second-order valence-corrected chi connectivity index (χ2v) is 5.33. The molecule has 0 aliphatic rings. The first-order valence-corrected chi connectivity index (χ1v) is 6.41. The Morgan fingerprint density at radius 2 is 2.00 bits per heavy atom. The van der Waals surface area contributed by atoms with Crippen LogP contribution in [-0.4, -0.2) is 13.7 Å². The van der Waals surface area contributed by atoms with E-state index < -0.39 is 0 Å². The lowest BCUT2D eigenvalue weighted by Gasteiger charge is -2.25. The van der Waals surface area contributed by atoms with Crippen molar-refractivity contribution in [2.24, 2.45) is 5.73 Å². The maximum absolute atomic E-state index is 6.27. The number of halogens is 1. The number of nitrogens with two attached hydrogens (primary N) is 1. The molecule has 1 aromatic carbocycles. The molecule has 0 aliphatic heterocycles. The van der Waals surface area contributed by atoms with E-state index in [1.165, 1.54) is 5.56 Å². The molecule has 0 spiro atoms. The minimum atomic E-state index is 0.124. The van der Waals surface area contributed by atoms with Gasteiger partial charge >= 0.3 is 0 Å². The molecule has 1 aromatic rings. The summed E-state index contributed by atoms with van der Waals surface area (Å²) in [5, 5.41) is 0.676. The van der Waals surface area contributed by atoms with Crippen LogP contribution < -0.4 is 10.5 Å². The number of ether oxygens (including phenoxy) is 1. The third-order valence-corrected chi connectivity index (χ3v) is 3.68. The second kappa shape index (κ2) is 5.74. The summed E-state index contributed by atoms with van der Waals surface area (Å²) in [5.74, 6) is 0.757. The van der Waals surface area contributed by atoms with Crippen molar-refractivity contribution >= 4 is 11.6 Å². The third-order valence-electron chi connectivity index (χ3n) is 3.40. The van der Waals surface area contributed by atoms with Gasteiger partial charge in [-0.2, -0.15) is 0 Å². The largest absolute Gasteiger partial charge is 0.495 e. The molecule has 3 heteroatoms. The van der Waals surface area contributed by atoms with Crippen LogP contribution in [0.3, 0.4) is 0 Å². The molecule has 17 heavy (non-hydrogen) atoms. The molecule has 0 aromatic heterocycles. The lowest BCUT2D eigenvalue weighted by atomic mass is 9.81. The summed E-state index contributed by atoms with van der Waals surface area (Å²) in [6, 6.07) is 4.17. The number of benzene rings is 1. The van der Waals surface area contributed by atoms with Gasteiger partial charge in [0.15, 0.2) is 0 Å². The van der Waals surface area contributed by atoms with Crippen LogP contribution in [0, 0.1) is 0 Å². The van der Waals surface area contributed by atoms with E-state index in [0.717, 1.165) is 24.2 Å². The molecule has 2 N–H and O–H groups in total. The van der Waals surface area contributed by atoms with Crippen molar-refractivity contribution in [2.45, 2.75) is 39.0 Å². The highest BCUT2D eigenvalue weighted by Crippen LogP contribution is 2.36. The first-order chi connectivity index (χ1) is 7.96. The van der Waals surface area contributed by atoms with Gasteiger partial charge in [-0.3, -0.25) is 0 Å². The first kappa shape index (κ1) is 14.3. The summed E-state index contributed by atoms with van der Waals surface area (Å²) in [4.78, 5) is 0. The zero-order valence-corrected chi connectivity index (χ0v) is 11.9. The van der Waals surface area contributed by atoms with Gasteiger partial charge in [0, 0.05) is 0 Å². The Balaban J connectivity index is 3.28. The molecule has 0 atom stereocenters. The van der Waals surface area contributed by atoms with Crippen molar-refractivity contribution in [2.75, 3.05) is 13.7 Å². The van der Waals surface area contributed by atoms with Crippen molar-refractivity contribution in [1.82, 2.24) is 0 Å². The fraction of sp³-hybridized carbons (Fsp3) is 0.571. The number of hydrogen-bond donors (Lipinski definition) is 1. The number of hydrogen-bond acceptors (Lipinski definition) is 2. The van der Waals surface area contributed by atoms with Crippen molar-refractivity contribution in [3.8, 4) is 5.75 Å². The predicted molar refractivity (Wildman–Crippen MR) is 74.1 cm³/mol. The zero-order valence-electron chi connectivity index (χ0n) is 11.1. The zero-order chi connectivity index (χ0) is 13.1. The molecule has 0 bridgehead atoms. The molecule has 0 saturated heterocycles. The summed E-state index contributed by atoms with van der Waals surface area (Å²) in [5.41, 5.74) is 8.09. The molecule has 96 valence electrons. The standard InChI is InChI=1S/C14H22ClNO/c1-5-14(2,3)11-8-10(6-7-16)13(17-4)12(15)9-11/h8-9H,5-7,16H2,1-4H3. The lowest BCUT2D eigenvalue weighted by Crippen LogP contribution is -2.16. The fourth-order valence-corrected chi connectivity index (χ4v) is 2.13. The van der Waals surface area contributed by atoms with Gasteiger partial charge in [0.2, 0.25) is 0 Å². The average molecular weight is 256 g/mol. The molecule has 0 radical (unpaired) electrons. The van der Waals surface area contributed by atoms with Crippen LogP contribution in [0.4, 0.5) is 0 Å². The summed E-state index contributed by atoms with van der Waals surface area (Å²) in [6.07, 6.45) is 1.86. The predicted octanol–water partition coefficient (Wildman–Crippen LogP) is 3.54. The second-order valence-electron chi connectivity index (χ2n) is 4.93. The Morgan fingerprint density at radius 1 is 1.35 bits per heavy atom. The van der Waals surface area contributed by atoms with Crippen molar-refractivity contribution in [3.05, 3.63) is 28.3 Å². The van der Waals surface area contributed by atoms with E-state index >= 15 is 0 Å². The Morgan fingerprint density at radius 3 is 2.47 bits per heavy atom. The van der Waals surface area contributed by atoms with Crippen molar-refractivity contribution < 1.29 is 4.74 Å². The van der Waals surface area contributed by atoms with E-state index in [1.54, 1.807) is 7.11 Å². The number of methoxy groups -OCH3 is 1. The highest BCUT2D eigenvalue weighted by molar-refractivity contribution is 6.32. The van der Waals surface area contributed by atoms with Crippen molar-refractivity contribution in [1.29, 1.82) is 0 Å². The molecular weight excluding hydrogens is 234 g/mol. The number of rotatable bonds is 5. The Hall–Kier alpha value is -0.730. The van der Waals surface area contributed by atoms with Gasteiger partial charge < -0.3 is 10.5 Å². The maximum atomic E-state index is 6.27. The average Bonchev–Trinajstić information content (AvgIpc) is 2.29. The fourth-order valence-electron chi connectivity index (χ4n) is 1.82. The smallest absolute Gasteiger partial charge is 0.140 e. The first-order valence-electron chi connectivity index (χ1n) is 6.03. The lowest BCUT2D eigenvalue weighted by molar-refractivity contribution is 0.408. The van der Waals surface area contributed by atoms with Crippen LogP contribution in [-0.2, 0) is 11.8 Å². The van der Waals surface area contributed by atoms with Gasteiger partial charge in [-0.25, -0.2) is 0 Å². The molecule has 1 rings (SSSR count). The van der Waals surface area contributed by atoms with E-state index in [0.29, 0.717) is 11.6 Å². The molecule has 0 heterocycles. The molecule has 2 nitrogen and oxygen atoms in total. The monoisotopic (exact) mass is 255 g/mol. The van der Waals surface area contributed by atoms with E-state index in [9.17, 15) is 0 Å². The normalized spacial score (nSPS) is 11.6. The van der Waals surface area contributed by atoms with Crippen LogP contribution in [0.25, 0.3) is 0 Å². The quantitative estimate of drug-likeness (QED) is 0.874. The van der Waals surface area contributed by atoms with Crippen LogP contribution in [0.2, 0.25) is 5.02 Å². The highest BCUT2D eigenvalue weighted by atomic mass is 35.5. The van der Waals surface area contributed by atoms with Gasteiger partial charge in [-0.1, -0.05) is 38.4 Å². The SMILES string of the molecule is CCC(C)(C)c1cc(Cl)c(OC)c(CCN)c1. The van der Waals surface area contributed by atoms with Crippen molar-refractivity contribution in [3.63, 3.8) is 0 Å². The molecule has 0 unspecified atom stereocenters. The van der Waals surface area contributed by atoms with Crippen LogP contribution in [0.15, 0.2) is 12.1 Å². The van der Waals surface area contributed by atoms with Gasteiger partial charge in [0.25, 0.3) is 0 Å². The van der Waals surface area contributed by atoms with Crippen LogP contribution in [0.5, 0.6) is 5.75 Å². The summed E-state index contributed by atoms with van der Waals surface area (Å²) in [6.45, 7) is 7.22. The minimum absolute atomic E-state index is 0.124. The highest BCUT2D eigenvalue weighted by Gasteiger charge is 2.21. The summed E-state index contributed by atoms with van der Waals surface area (Å²) < 4.78 is 5.34. The Kier molecular flexibility index (Phi) is 4.84.